The molecule has 1 aliphatic heterocycles. The molecule has 0 N–H and O–H groups in total. The Kier molecular flexibility index (Phi) is 3.11. The minimum atomic E-state index is 0.134. The van der Waals surface area contributed by atoms with Crippen LogP contribution in [-0.4, -0.2) is 26.7 Å². The Hall–Kier alpha value is -2.02. The fraction of sp³-hybridized carbons (Fsp3) is 0.467. The molecular formula is C15H17N5OS. The SMILES string of the molecule is Cc1nc([C@H]2CCCN2c2ncnc3sc(C)c(C)c23)no1. The van der Waals surface area contributed by atoms with Gasteiger partial charge in [0.1, 0.15) is 17.0 Å². The Labute approximate surface area is 132 Å². The molecule has 3 aromatic heterocycles. The molecule has 4 heterocycles. The molecule has 1 fully saturated rings. The first-order chi connectivity index (χ1) is 10.6. The van der Waals surface area contributed by atoms with Crippen molar-refractivity contribution in [2.45, 2.75) is 39.7 Å². The molecule has 0 aliphatic carbocycles. The number of fused-ring (bicyclic) bond motifs is 1. The van der Waals surface area contributed by atoms with Crippen molar-refractivity contribution < 1.29 is 4.52 Å². The monoisotopic (exact) mass is 315 g/mol. The summed E-state index contributed by atoms with van der Waals surface area (Å²) in [5, 5.41) is 5.28. The van der Waals surface area contributed by atoms with Gasteiger partial charge in [-0.25, -0.2) is 9.97 Å². The molecule has 6 nitrogen and oxygen atoms in total. The Balaban J connectivity index is 1.84. The molecule has 1 aliphatic rings. The van der Waals surface area contributed by atoms with Crippen LogP contribution in [0, 0.1) is 20.8 Å². The van der Waals surface area contributed by atoms with Crippen LogP contribution in [0.5, 0.6) is 0 Å². The summed E-state index contributed by atoms with van der Waals surface area (Å²) in [7, 11) is 0. The van der Waals surface area contributed by atoms with Gasteiger partial charge in [0, 0.05) is 18.3 Å². The highest BCUT2D eigenvalue weighted by Gasteiger charge is 2.32. The third-order valence-corrected chi connectivity index (χ3v) is 5.43. The van der Waals surface area contributed by atoms with Gasteiger partial charge in [0.05, 0.1) is 11.4 Å². The number of thiophene rings is 1. The summed E-state index contributed by atoms with van der Waals surface area (Å²) in [6.07, 6.45) is 3.78. The van der Waals surface area contributed by atoms with Crippen LogP contribution in [0.25, 0.3) is 10.2 Å². The van der Waals surface area contributed by atoms with Crippen LogP contribution in [0.2, 0.25) is 0 Å². The molecule has 1 saturated heterocycles. The van der Waals surface area contributed by atoms with E-state index in [9.17, 15) is 0 Å². The van der Waals surface area contributed by atoms with Gasteiger partial charge in [-0.1, -0.05) is 5.16 Å². The third kappa shape index (κ3) is 1.99. The van der Waals surface area contributed by atoms with Crippen molar-refractivity contribution >= 4 is 27.4 Å². The summed E-state index contributed by atoms with van der Waals surface area (Å²) in [4.78, 5) is 18.1. The summed E-state index contributed by atoms with van der Waals surface area (Å²) < 4.78 is 5.16. The average Bonchev–Trinajstić information content (AvgIpc) is 3.19. The van der Waals surface area contributed by atoms with Crippen molar-refractivity contribution in [3.05, 3.63) is 28.5 Å². The lowest BCUT2D eigenvalue weighted by Crippen LogP contribution is -2.24. The van der Waals surface area contributed by atoms with Crippen LogP contribution >= 0.6 is 11.3 Å². The van der Waals surface area contributed by atoms with E-state index in [-0.39, 0.29) is 6.04 Å². The molecule has 0 spiro atoms. The molecule has 1 atom stereocenters. The van der Waals surface area contributed by atoms with Gasteiger partial charge in [0.15, 0.2) is 5.82 Å². The Morgan fingerprint density at radius 3 is 2.91 bits per heavy atom. The summed E-state index contributed by atoms with van der Waals surface area (Å²) in [6, 6.07) is 0.134. The first-order valence-electron chi connectivity index (χ1n) is 7.42. The van der Waals surface area contributed by atoms with E-state index in [0.717, 1.165) is 41.2 Å². The van der Waals surface area contributed by atoms with Gasteiger partial charge in [-0.15, -0.1) is 11.3 Å². The number of hydrogen-bond donors (Lipinski definition) is 0. The zero-order valence-corrected chi connectivity index (χ0v) is 13.6. The van der Waals surface area contributed by atoms with Gasteiger partial charge in [0.2, 0.25) is 5.89 Å². The first-order valence-corrected chi connectivity index (χ1v) is 8.24. The third-order valence-electron chi connectivity index (χ3n) is 4.31. The lowest BCUT2D eigenvalue weighted by atomic mass is 10.1. The highest BCUT2D eigenvalue weighted by molar-refractivity contribution is 7.18. The molecule has 0 amide bonds. The smallest absolute Gasteiger partial charge is 0.223 e. The van der Waals surface area contributed by atoms with Crippen LogP contribution in [-0.2, 0) is 0 Å². The predicted molar refractivity (Wildman–Crippen MR) is 85.2 cm³/mol. The lowest BCUT2D eigenvalue weighted by molar-refractivity contribution is 0.383. The number of aryl methyl sites for hydroxylation is 3. The van der Waals surface area contributed by atoms with Crippen LogP contribution < -0.4 is 4.90 Å². The first kappa shape index (κ1) is 13.6. The Morgan fingerprint density at radius 2 is 2.14 bits per heavy atom. The molecule has 22 heavy (non-hydrogen) atoms. The second-order valence-electron chi connectivity index (χ2n) is 5.68. The van der Waals surface area contributed by atoms with E-state index in [1.54, 1.807) is 17.7 Å². The summed E-state index contributed by atoms with van der Waals surface area (Å²) in [6.45, 7) is 7.06. The van der Waals surface area contributed by atoms with E-state index in [4.69, 9.17) is 4.52 Å². The standard InChI is InChI=1S/C15H17N5OS/c1-8-9(2)22-15-12(8)14(16-7-17-15)20-6-4-5-11(20)13-18-10(3)21-19-13/h7,11H,4-6H2,1-3H3/t11-/m1/s1. The molecule has 3 aromatic rings. The Morgan fingerprint density at radius 1 is 1.27 bits per heavy atom. The van der Waals surface area contributed by atoms with E-state index >= 15 is 0 Å². The maximum atomic E-state index is 5.16. The Bertz CT molecular complexity index is 840. The molecule has 4 rings (SSSR count). The molecule has 0 unspecified atom stereocenters. The largest absolute Gasteiger partial charge is 0.346 e. The predicted octanol–water partition coefficient (Wildman–Crippen LogP) is 3.34. The highest BCUT2D eigenvalue weighted by atomic mass is 32.1. The van der Waals surface area contributed by atoms with Gasteiger partial charge in [-0.05, 0) is 32.3 Å². The van der Waals surface area contributed by atoms with E-state index < -0.39 is 0 Å². The average molecular weight is 315 g/mol. The molecule has 7 heteroatoms. The molecule has 0 aromatic carbocycles. The number of anilines is 1. The van der Waals surface area contributed by atoms with E-state index in [0.29, 0.717) is 5.89 Å². The van der Waals surface area contributed by atoms with E-state index in [1.165, 1.54) is 10.4 Å². The zero-order chi connectivity index (χ0) is 15.3. The summed E-state index contributed by atoms with van der Waals surface area (Å²) in [5.74, 6) is 2.36. The number of nitrogens with zero attached hydrogens (tertiary/aromatic N) is 5. The van der Waals surface area contributed by atoms with Crippen molar-refractivity contribution in [3.8, 4) is 0 Å². The highest BCUT2D eigenvalue weighted by Crippen LogP contribution is 2.40. The lowest BCUT2D eigenvalue weighted by Gasteiger charge is -2.24. The van der Waals surface area contributed by atoms with Gasteiger partial charge in [-0.3, -0.25) is 0 Å². The molecule has 114 valence electrons. The second kappa shape index (κ2) is 5.01. The number of aromatic nitrogens is 4. The normalized spacial score (nSPS) is 18.5. The van der Waals surface area contributed by atoms with Gasteiger partial charge in [0.25, 0.3) is 0 Å². The molecular weight excluding hydrogens is 298 g/mol. The van der Waals surface area contributed by atoms with Crippen molar-refractivity contribution in [1.29, 1.82) is 0 Å². The molecule has 0 saturated carbocycles. The van der Waals surface area contributed by atoms with Crippen LogP contribution in [0.3, 0.4) is 0 Å². The van der Waals surface area contributed by atoms with Crippen LogP contribution in [0.1, 0.15) is 41.0 Å². The molecule has 0 bridgehead atoms. The topological polar surface area (TPSA) is 67.9 Å². The van der Waals surface area contributed by atoms with Crippen LogP contribution in [0.15, 0.2) is 10.9 Å². The minimum Gasteiger partial charge on any atom is -0.346 e. The van der Waals surface area contributed by atoms with Crippen molar-refractivity contribution in [3.63, 3.8) is 0 Å². The van der Waals surface area contributed by atoms with Crippen LogP contribution in [0.4, 0.5) is 5.82 Å². The number of hydrogen-bond acceptors (Lipinski definition) is 7. The number of rotatable bonds is 2. The second-order valence-corrected chi connectivity index (χ2v) is 6.89. The van der Waals surface area contributed by atoms with Gasteiger partial charge < -0.3 is 9.42 Å². The molecule has 0 radical (unpaired) electrons. The zero-order valence-electron chi connectivity index (χ0n) is 12.8. The quantitative estimate of drug-likeness (QED) is 0.722. The minimum absolute atomic E-state index is 0.134. The van der Waals surface area contributed by atoms with Crippen molar-refractivity contribution in [1.82, 2.24) is 20.1 Å². The van der Waals surface area contributed by atoms with E-state index in [1.807, 2.05) is 6.92 Å². The van der Waals surface area contributed by atoms with Gasteiger partial charge in [-0.2, -0.15) is 4.98 Å². The van der Waals surface area contributed by atoms with Gasteiger partial charge >= 0.3 is 0 Å². The van der Waals surface area contributed by atoms with Crippen molar-refractivity contribution in [2.75, 3.05) is 11.4 Å². The fourth-order valence-electron chi connectivity index (χ4n) is 3.12. The maximum Gasteiger partial charge on any atom is 0.223 e. The van der Waals surface area contributed by atoms with E-state index in [2.05, 4.69) is 38.9 Å². The van der Waals surface area contributed by atoms with Crippen molar-refractivity contribution in [2.24, 2.45) is 0 Å². The summed E-state index contributed by atoms with van der Waals surface area (Å²) >= 11 is 1.73. The summed E-state index contributed by atoms with van der Waals surface area (Å²) in [5.41, 5.74) is 1.27. The fourth-order valence-corrected chi connectivity index (χ4v) is 4.11. The maximum absolute atomic E-state index is 5.16.